The molecule has 0 aromatic heterocycles. The van der Waals surface area contributed by atoms with E-state index in [1.165, 1.54) is 0 Å². The molecule has 0 saturated carbocycles. The van der Waals surface area contributed by atoms with Crippen molar-refractivity contribution in [2.45, 2.75) is 5.92 Å². The number of carbonyl (C=O) groups is 2. The molecule has 3 N–H and O–H groups in total. The summed E-state index contributed by atoms with van der Waals surface area (Å²) in [6.07, 6.45) is 0. The van der Waals surface area contributed by atoms with E-state index < -0.39 is 11.8 Å². The molecule has 6 nitrogen and oxygen atoms in total. The zero-order valence-electron chi connectivity index (χ0n) is 16.4. The average molecular weight is 454 g/mol. The Balaban J connectivity index is 1.54. The molecule has 158 valence electrons. The highest BCUT2D eigenvalue weighted by atomic mass is 35.5. The summed E-state index contributed by atoms with van der Waals surface area (Å²) in [5.41, 5.74) is 6.56. The molecule has 0 radical (unpaired) electrons. The van der Waals surface area contributed by atoms with Crippen LogP contribution in [0.1, 0.15) is 17.0 Å². The second-order valence-corrected chi connectivity index (χ2v) is 7.33. The molecular formula is C23H20ClN3O3S. The maximum absolute atomic E-state index is 13.0. The van der Waals surface area contributed by atoms with Gasteiger partial charge in [0.25, 0.3) is 5.91 Å². The van der Waals surface area contributed by atoms with Crippen LogP contribution < -0.4 is 20.9 Å². The number of hydrazine groups is 1. The molecule has 0 bridgehead atoms. The molecule has 0 heterocycles. The van der Waals surface area contributed by atoms with Crippen LogP contribution in [-0.2, 0) is 9.59 Å². The number of hydrogen-bond donors (Lipinski definition) is 3. The molecule has 0 atom stereocenters. The Bertz CT molecular complexity index is 991. The molecular weight excluding hydrogens is 434 g/mol. The van der Waals surface area contributed by atoms with E-state index >= 15 is 0 Å². The van der Waals surface area contributed by atoms with Crippen LogP contribution in [0, 0.1) is 0 Å². The van der Waals surface area contributed by atoms with Crippen molar-refractivity contribution in [3.63, 3.8) is 0 Å². The Morgan fingerprint density at radius 2 is 1.39 bits per heavy atom. The van der Waals surface area contributed by atoms with E-state index in [2.05, 4.69) is 16.2 Å². The molecule has 3 rings (SSSR count). The maximum atomic E-state index is 13.0. The molecule has 3 aromatic rings. The number of thiocarbonyl (C=S) groups is 1. The molecule has 8 heteroatoms. The van der Waals surface area contributed by atoms with E-state index in [-0.39, 0.29) is 17.6 Å². The van der Waals surface area contributed by atoms with Gasteiger partial charge in [0.05, 0.1) is 5.92 Å². The number of hydrogen-bond acceptors (Lipinski definition) is 4. The van der Waals surface area contributed by atoms with E-state index in [0.29, 0.717) is 10.8 Å². The topological polar surface area (TPSA) is 79.5 Å². The van der Waals surface area contributed by atoms with Crippen LogP contribution in [0.4, 0.5) is 0 Å². The van der Waals surface area contributed by atoms with Gasteiger partial charge in [0, 0.05) is 5.02 Å². The lowest BCUT2D eigenvalue weighted by molar-refractivity contribution is -0.124. The summed E-state index contributed by atoms with van der Waals surface area (Å²) in [6.45, 7) is -0.234. The van der Waals surface area contributed by atoms with Crippen molar-refractivity contribution in [2.75, 3.05) is 6.61 Å². The fourth-order valence-electron chi connectivity index (χ4n) is 2.84. The number of ether oxygens (including phenoxy) is 1. The lowest BCUT2D eigenvalue weighted by Gasteiger charge is -2.18. The van der Waals surface area contributed by atoms with Gasteiger partial charge in [-0.25, -0.2) is 0 Å². The Morgan fingerprint density at radius 1 is 0.839 bits per heavy atom. The van der Waals surface area contributed by atoms with Crippen molar-refractivity contribution in [1.29, 1.82) is 0 Å². The van der Waals surface area contributed by atoms with Crippen LogP contribution >= 0.6 is 23.8 Å². The first kappa shape index (κ1) is 22.3. The summed E-state index contributed by atoms with van der Waals surface area (Å²) in [6, 6.07) is 25.4. The van der Waals surface area contributed by atoms with Gasteiger partial charge in [-0.3, -0.25) is 20.4 Å². The summed E-state index contributed by atoms with van der Waals surface area (Å²) in [7, 11) is 0. The van der Waals surface area contributed by atoms with Crippen LogP contribution in [-0.4, -0.2) is 23.5 Å². The zero-order chi connectivity index (χ0) is 22.1. The lowest BCUT2D eigenvalue weighted by Crippen LogP contribution is -2.50. The standard InChI is InChI=1S/C23H20ClN3O3S/c24-18-11-13-19(14-12-18)30-15-20(28)26-27-23(31)25-22(29)21(16-7-3-1-4-8-16)17-9-5-2-6-10-17/h1-14,21H,15H2,(H,26,28)(H2,25,27,29,31). The second kappa shape index (κ2) is 11.1. The zero-order valence-corrected chi connectivity index (χ0v) is 18.0. The molecule has 0 unspecified atom stereocenters. The first-order valence-electron chi connectivity index (χ1n) is 9.41. The predicted octanol–water partition coefficient (Wildman–Crippen LogP) is 3.57. The van der Waals surface area contributed by atoms with Crippen LogP contribution in [0.15, 0.2) is 84.9 Å². The molecule has 0 saturated heterocycles. The summed E-state index contributed by atoms with van der Waals surface area (Å²) in [5, 5.41) is 3.17. The van der Waals surface area contributed by atoms with Crippen LogP contribution in [0.2, 0.25) is 5.02 Å². The van der Waals surface area contributed by atoms with Gasteiger partial charge in [-0.2, -0.15) is 0 Å². The lowest BCUT2D eigenvalue weighted by atomic mass is 9.90. The summed E-state index contributed by atoms with van der Waals surface area (Å²) >= 11 is 11.0. The summed E-state index contributed by atoms with van der Waals surface area (Å²) in [5.74, 6) is -0.828. The van der Waals surface area contributed by atoms with E-state index in [1.807, 2.05) is 60.7 Å². The fourth-order valence-corrected chi connectivity index (χ4v) is 3.12. The first-order valence-corrected chi connectivity index (χ1v) is 10.2. The quantitative estimate of drug-likeness (QED) is 0.393. The minimum atomic E-state index is -0.550. The summed E-state index contributed by atoms with van der Waals surface area (Å²) < 4.78 is 5.35. The number of halogens is 1. The Labute approximate surface area is 190 Å². The van der Waals surface area contributed by atoms with Crippen molar-refractivity contribution in [3.8, 4) is 5.75 Å². The van der Waals surface area contributed by atoms with Gasteiger partial charge >= 0.3 is 0 Å². The van der Waals surface area contributed by atoms with E-state index in [9.17, 15) is 9.59 Å². The van der Waals surface area contributed by atoms with Crippen LogP contribution in [0.25, 0.3) is 0 Å². The second-order valence-electron chi connectivity index (χ2n) is 6.49. The Hall–Kier alpha value is -3.42. The molecule has 0 fully saturated rings. The van der Waals surface area contributed by atoms with Gasteiger partial charge < -0.3 is 10.1 Å². The number of nitrogens with one attached hydrogen (secondary N) is 3. The van der Waals surface area contributed by atoms with Crippen molar-refractivity contribution in [3.05, 3.63) is 101 Å². The third-order valence-electron chi connectivity index (χ3n) is 4.26. The highest BCUT2D eigenvalue weighted by molar-refractivity contribution is 7.80. The molecule has 0 aliphatic heterocycles. The third kappa shape index (κ3) is 6.80. The number of carbonyl (C=O) groups excluding carboxylic acids is 2. The first-order chi connectivity index (χ1) is 15.0. The molecule has 3 aromatic carbocycles. The monoisotopic (exact) mass is 453 g/mol. The van der Waals surface area contributed by atoms with Gasteiger partial charge in [0.1, 0.15) is 5.75 Å². The fraction of sp³-hybridized carbons (Fsp3) is 0.0870. The smallest absolute Gasteiger partial charge is 0.276 e. The van der Waals surface area contributed by atoms with Crippen molar-refractivity contribution in [1.82, 2.24) is 16.2 Å². The highest BCUT2D eigenvalue weighted by Crippen LogP contribution is 2.24. The van der Waals surface area contributed by atoms with Gasteiger partial charge in [-0.05, 0) is 47.6 Å². The van der Waals surface area contributed by atoms with E-state index in [1.54, 1.807) is 24.3 Å². The van der Waals surface area contributed by atoms with Gasteiger partial charge in [0.15, 0.2) is 11.7 Å². The average Bonchev–Trinajstić information content (AvgIpc) is 2.79. The molecule has 0 spiro atoms. The van der Waals surface area contributed by atoms with Gasteiger partial charge in [0.2, 0.25) is 5.91 Å². The normalized spacial score (nSPS) is 10.3. The van der Waals surface area contributed by atoms with Crippen LogP contribution in [0.3, 0.4) is 0 Å². The highest BCUT2D eigenvalue weighted by Gasteiger charge is 2.23. The third-order valence-corrected chi connectivity index (χ3v) is 4.72. The Morgan fingerprint density at radius 3 is 1.94 bits per heavy atom. The van der Waals surface area contributed by atoms with E-state index in [0.717, 1.165) is 11.1 Å². The molecule has 0 aliphatic carbocycles. The van der Waals surface area contributed by atoms with Crippen molar-refractivity contribution in [2.24, 2.45) is 0 Å². The largest absolute Gasteiger partial charge is 0.484 e. The summed E-state index contributed by atoms with van der Waals surface area (Å²) in [4.78, 5) is 24.9. The van der Waals surface area contributed by atoms with Crippen LogP contribution in [0.5, 0.6) is 5.75 Å². The maximum Gasteiger partial charge on any atom is 0.276 e. The van der Waals surface area contributed by atoms with Gasteiger partial charge in [-0.1, -0.05) is 72.3 Å². The van der Waals surface area contributed by atoms with Crippen molar-refractivity contribution >= 4 is 40.7 Å². The number of rotatable bonds is 6. The molecule has 2 amide bonds. The van der Waals surface area contributed by atoms with Gasteiger partial charge in [-0.15, -0.1) is 0 Å². The number of benzene rings is 3. The molecule has 31 heavy (non-hydrogen) atoms. The minimum absolute atomic E-state index is 0.0262. The Kier molecular flexibility index (Phi) is 7.98. The molecule has 0 aliphatic rings. The van der Waals surface area contributed by atoms with Crippen molar-refractivity contribution < 1.29 is 14.3 Å². The number of amides is 2. The van der Waals surface area contributed by atoms with E-state index in [4.69, 9.17) is 28.6 Å². The predicted molar refractivity (Wildman–Crippen MR) is 124 cm³/mol. The minimum Gasteiger partial charge on any atom is -0.484 e. The SMILES string of the molecule is O=C(COc1ccc(Cl)cc1)NNC(=S)NC(=O)C(c1ccccc1)c1ccccc1.